The Morgan fingerprint density at radius 2 is 2.13 bits per heavy atom. The molecule has 2 rings (SSSR count). The summed E-state index contributed by atoms with van der Waals surface area (Å²) < 4.78 is 0. The van der Waals surface area contributed by atoms with Crippen molar-refractivity contribution in [3.05, 3.63) is 0 Å². The van der Waals surface area contributed by atoms with Crippen molar-refractivity contribution >= 4 is 5.96 Å². The molecule has 0 aliphatic carbocycles. The highest BCUT2D eigenvalue weighted by Gasteiger charge is 2.19. The minimum atomic E-state index is 0.844. The van der Waals surface area contributed by atoms with Gasteiger partial charge in [0, 0.05) is 19.6 Å². The van der Waals surface area contributed by atoms with Gasteiger partial charge < -0.3 is 15.5 Å². The van der Waals surface area contributed by atoms with E-state index in [1.165, 1.54) is 32.5 Å². The quantitative estimate of drug-likeness (QED) is 0.702. The maximum absolute atomic E-state index is 4.49. The van der Waals surface area contributed by atoms with Gasteiger partial charge in [0.1, 0.15) is 0 Å². The zero-order chi connectivity index (χ0) is 10.5. The second-order valence-electron chi connectivity index (χ2n) is 4.36. The predicted molar refractivity (Wildman–Crippen MR) is 63.1 cm³/mol. The predicted octanol–water partition coefficient (Wildman–Crippen LogP) is 0.267. The van der Waals surface area contributed by atoms with Crippen LogP contribution >= 0.6 is 0 Å². The highest BCUT2D eigenvalue weighted by molar-refractivity contribution is 5.81. The molecule has 0 saturated carbocycles. The summed E-state index contributed by atoms with van der Waals surface area (Å²) in [6.45, 7) is 8.77. The van der Waals surface area contributed by atoms with E-state index in [0.29, 0.717) is 0 Å². The van der Waals surface area contributed by atoms with Gasteiger partial charge in [-0.3, -0.25) is 4.99 Å². The molecule has 0 radical (unpaired) electrons. The molecule has 0 bridgehead atoms. The van der Waals surface area contributed by atoms with Gasteiger partial charge in [-0.15, -0.1) is 0 Å². The van der Waals surface area contributed by atoms with Crippen LogP contribution in [0.3, 0.4) is 0 Å². The van der Waals surface area contributed by atoms with E-state index in [1.54, 1.807) is 0 Å². The number of nitrogens with one attached hydrogen (secondary N) is 2. The van der Waals surface area contributed by atoms with Crippen LogP contribution in [0.4, 0.5) is 0 Å². The van der Waals surface area contributed by atoms with Crippen molar-refractivity contribution in [2.75, 3.05) is 39.3 Å². The normalized spacial score (nSPS) is 22.3. The Morgan fingerprint density at radius 1 is 1.33 bits per heavy atom. The molecule has 15 heavy (non-hydrogen) atoms. The second kappa shape index (κ2) is 5.35. The molecular formula is C11H22N4. The van der Waals surface area contributed by atoms with Crippen LogP contribution in [0.15, 0.2) is 4.99 Å². The van der Waals surface area contributed by atoms with Crippen molar-refractivity contribution < 1.29 is 0 Å². The first kappa shape index (κ1) is 10.7. The molecule has 0 aromatic rings. The standard InChI is InChI=1S/C11H22N4/c1-2-15(11-13-7-8-14-11)9-10-3-5-12-6-4-10/h10,12H,2-9H2,1H3,(H,13,14). The van der Waals surface area contributed by atoms with Crippen molar-refractivity contribution in [3.8, 4) is 0 Å². The fourth-order valence-corrected chi connectivity index (χ4v) is 2.34. The molecule has 4 nitrogen and oxygen atoms in total. The second-order valence-corrected chi connectivity index (χ2v) is 4.36. The Bertz CT molecular complexity index is 221. The summed E-state index contributed by atoms with van der Waals surface area (Å²) in [5.74, 6) is 1.97. The Balaban J connectivity index is 1.83. The number of piperidine rings is 1. The van der Waals surface area contributed by atoms with Crippen LogP contribution in [0.1, 0.15) is 19.8 Å². The topological polar surface area (TPSA) is 39.7 Å². The third kappa shape index (κ3) is 2.84. The van der Waals surface area contributed by atoms with E-state index in [0.717, 1.165) is 31.5 Å². The van der Waals surface area contributed by atoms with E-state index < -0.39 is 0 Å². The third-order valence-electron chi connectivity index (χ3n) is 3.28. The average molecular weight is 210 g/mol. The number of hydrogen-bond donors (Lipinski definition) is 2. The average Bonchev–Trinajstić information content (AvgIpc) is 2.81. The minimum absolute atomic E-state index is 0.844. The summed E-state index contributed by atoms with van der Waals surface area (Å²) in [7, 11) is 0. The summed E-state index contributed by atoms with van der Waals surface area (Å²) in [6, 6.07) is 0. The van der Waals surface area contributed by atoms with Gasteiger partial charge in [-0.1, -0.05) is 0 Å². The summed E-state index contributed by atoms with van der Waals surface area (Å²) >= 11 is 0. The lowest BCUT2D eigenvalue weighted by Gasteiger charge is -2.30. The van der Waals surface area contributed by atoms with Gasteiger partial charge in [0.15, 0.2) is 5.96 Å². The fourth-order valence-electron chi connectivity index (χ4n) is 2.34. The van der Waals surface area contributed by atoms with Crippen molar-refractivity contribution in [2.45, 2.75) is 19.8 Å². The molecule has 1 saturated heterocycles. The molecule has 2 aliphatic heterocycles. The SMILES string of the molecule is CCN(CC1CCNCC1)C1=NCCN1. The van der Waals surface area contributed by atoms with E-state index in [-0.39, 0.29) is 0 Å². The van der Waals surface area contributed by atoms with Crippen molar-refractivity contribution in [3.63, 3.8) is 0 Å². The van der Waals surface area contributed by atoms with Crippen LogP contribution in [0.2, 0.25) is 0 Å². The smallest absolute Gasteiger partial charge is 0.194 e. The largest absolute Gasteiger partial charge is 0.354 e. The molecule has 2 heterocycles. The monoisotopic (exact) mass is 210 g/mol. The molecule has 0 atom stereocenters. The van der Waals surface area contributed by atoms with Crippen molar-refractivity contribution in [1.29, 1.82) is 0 Å². The van der Waals surface area contributed by atoms with Crippen molar-refractivity contribution in [1.82, 2.24) is 15.5 Å². The number of aliphatic imine (C=N–C) groups is 1. The molecule has 1 fully saturated rings. The first-order valence-corrected chi connectivity index (χ1v) is 6.14. The van der Waals surface area contributed by atoms with E-state index in [1.807, 2.05) is 0 Å². The number of rotatable bonds is 3. The first-order valence-electron chi connectivity index (χ1n) is 6.14. The van der Waals surface area contributed by atoms with E-state index >= 15 is 0 Å². The Labute approximate surface area is 92.1 Å². The van der Waals surface area contributed by atoms with Crippen LogP contribution in [-0.2, 0) is 0 Å². The van der Waals surface area contributed by atoms with Crippen LogP contribution in [0.25, 0.3) is 0 Å². The Morgan fingerprint density at radius 3 is 2.73 bits per heavy atom. The molecular weight excluding hydrogens is 188 g/mol. The molecule has 2 aliphatic rings. The lowest BCUT2D eigenvalue weighted by molar-refractivity contribution is 0.285. The maximum atomic E-state index is 4.49. The molecule has 0 amide bonds. The van der Waals surface area contributed by atoms with E-state index in [9.17, 15) is 0 Å². The Kier molecular flexibility index (Phi) is 3.83. The third-order valence-corrected chi connectivity index (χ3v) is 3.28. The molecule has 0 spiro atoms. The minimum Gasteiger partial charge on any atom is -0.354 e. The number of nitrogens with zero attached hydrogens (tertiary/aromatic N) is 2. The number of guanidine groups is 1. The first-order chi connectivity index (χ1) is 7.40. The highest BCUT2D eigenvalue weighted by Crippen LogP contribution is 2.13. The lowest BCUT2D eigenvalue weighted by Crippen LogP contribution is -2.43. The van der Waals surface area contributed by atoms with Gasteiger partial charge in [-0.2, -0.15) is 0 Å². The van der Waals surface area contributed by atoms with Crippen LogP contribution in [0.5, 0.6) is 0 Å². The van der Waals surface area contributed by atoms with Crippen LogP contribution < -0.4 is 10.6 Å². The van der Waals surface area contributed by atoms with Gasteiger partial charge in [0.05, 0.1) is 6.54 Å². The van der Waals surface area contributed by atoms with Gasteiger partial charge in [-0.25, -0.2) is 0 Å². The van der Waals surface area contributed by atoms with Crippen molar-refractivity contribution in [2.24, 2.45) is 10.9 Å². The molecule has 4 heteroatoms. The lowest BCUT2D eigenvalue weighted by atomic mass is 9.98. The van der Waals surface area contributed by atoms with Gasteiger partial charge in [-0.05, 0) is 38.8 Å². The summed E-state index contributed by atoms with van der Waals surface area (Å²) in [5.41, 5.74) is 0. The van der Waals surface area contributed by atoms with Crippen LogP contribution in [-0.4, -0.2) is 50.1 Å². The fraction of sp³-hybridized carbons (Fsp3) is 0.909. The number of hydrogen-bond acceptors (Lipinski definition) is 4. The van der Waals surface area contributed by atoms with Gasteiger partial charge >= 0.3 is 0 Å². The van der Waals surface area contributed by atoms with E-state index in [4.69, 9.17) is 0 Å². The summed E-state index contributed by atoms with van der Waals surface area (Å²) in [4.78, 5) is 6.88. The summed E-state index contributed by atoms with van der Waals surface area (Å²) in [6.07, 6.45) is 2.62. The zero-order valence-corrected chi connectivity index (χ0v) is 9.63. The Hall–Kier alpha value is -0.770. The maximum Gasteiger partial charge on any atom is 0.194 e. The zero-order valence-electron chi connectivity index (χ0n) is 9.63. The van der Waals surface area contributed by atoms with Gasteiger partial charge in [0.2, 0.25) is 0 Å². The molecule has 2 N–H and O–H groups in total. The molecule has 86 valence electrons. The molecule has 0 unspecified atom stereocenters. The van der Waals surface area contributed by atoms with Crippen LogP contribution in [0, 0.1) is 5.92 Å². The molecule has 0 aromatic carbocycles. The van der Waals surface area contributed by atoms with Gasteiger partial charge in [0.25, 0.3) is 0 Å². The highest BCUT2D eigenvalue weighted by atomic mass is 15.3. The van der Waals surface area contributed by atoms with E-state index in [2.05, 4.69) is 27.4 Å². The molecule has 0 aromatic heterocycles. The summed E-state index contributed by atoms with van der Waals surface area (Å²) in [5, 5.41) is 6.77.